The number of nitro groups is 1. The first-order valence-electron chi connectivity index (χ1n) is 11.4. The van der Waals surface area contributed by atoms with Crippen molar-refractivity contribution in [2.75, 3.05) is 38.4 Å². The Morgan fingerprint density at radius 1 is 1.17 bits per heavy atom. The van der Waals surface area contributed by atoms with E-state index in [4.69, 9.17) is 18.9 Å². The number of aliphatic imine (C=N–C) groups is 1. The summed E-state index contributed by atoms with van der Waals surface area (Å²) < 4.78 is 21.5. The van der Waals surface area contributed by atoms with Crippen molar-refractivity contribution >= 4 is 35.1 Å². The maximum absolute atomic E-state index is 13.2. The highest BCUT2D eigenvalue weighted by Crippen LogP contribution is 2.41. The van der Waals surface area contributed by atoms with E-state index in [1.54, 1.807) is 19.9 Å². The van der Waals surface area contributed by atoms with Gasteiger partial charge in [0.2, 0.25) is 0 Å². The van der Waals surface area contributed by atoms with Crippen molar-refractivity contribution < 1.29 is 33.5 Å². The molecule has 2 unspecified atom stereocenters. The molecule has 1 aliphatic heterocycles. The maximum atomic E-state index is 13.2. The van der Waals surface area contributed by atoms with Gasteiger partial charge in [-0.2, -0.15) is 11.8 Å². The third-order valence-corrected chi connectivity index (χ3v) is 6.29. The number of ether oxygens (including phenoxy) is 4. The van der Waals surface area contributed by atoms with E-state index >= 15 is 0 Å². The Bertz CT molecular complexity index is 972. The zero-order valence-electron chi connectivity index (χ0n) is 20.6. The molecule has 0 spiro atoms. The summed E-state index contributed by atoms with van der Waals surface area (Å²) in [6, 6.07) is 5.89. The Morgan fingerprint density at radius 3 is 2.43 bits per heavy atom. The van der Waals surface area contributed by atoms with Crippen LogP contribution in [0.15, 0.2) is 40.5 Å². The minimum absolute atomic E-state index is 0.118. The molecule has 0 amide bonds. The number of esters is 2. The largest absolute Gasteiger partial charge is 0.468 e. The average Bonchev–Trinajstić information content (AvgIpc) is 2.83. The number of thioether (sulfide) groups is 1. The van der Waals surface area contributed by atoms with Crippen LogP contribution in [0.2, 0.25) is 0 Å². The smallest absolute Gasteiger partial charge is 0.336 e. The number of non-ortho nitro benzene ring substituents is 1. The molecule has 1 aromatic rings. The van der Waals surface area contributed by atoms with Crippen LogP contribution < -0.4 is 0 Å². The normalized spacial score (nSPS) is 17.8. The minimum Gasteiger partial charge on any atom is -0.468 e. The van der Waals surface area contributed by atoms with Gasteiger partial charge in [0, 0.05) is 48.5 Å². The Hall–Kier alpha value is -2.76. The molecule has 0 saturated carbocycles. The molecule has 1 aromatic carbocycles. The maximum Gasteiger partial charge on any atom is 0.336 e. The fourth-order valence-corrected chi connectivity index (χ4v) is 4.80. The number of nitrogens with zero attached hydrogens (tertiary/aromatic N) is 2. The quantitative estimate of drug-likeness (QED) is 0.169. The van der Waals surface area contributed by atoms with Crippen molar-refractivity contribution in [1.29, 1.82) is 0 Å². The van der Waals surface area contributed by atoms with Gasteiger partial charge in [-0.15, -0.1) is 0 Å². The second-order valence-electron chi connectivity index (χ2n) is 7.52. The van der Waals surface area contributed by atoms with Crippen LogP contribution in [0.5, 0.6) is 0 Å². The Balaban J connectivity index is 2.57. The summed E-state index contributed by atoms with van der Waals surface area (Å²) in [7, 11) is 1.25. The zero-order valence-corrected chi connectivity index (χ0v) is 21.5. The highest BCUT2D eigenvalue weighted by molar-refractivity contribution is 7.99. The minimum atomic E-state index is -0.935. The molecule has 0 fully saturated rings. The van der Waals surface area contributed by atoms with Gasteiger partial charge in [0.1, 0.15) is 5.92 Å². The summed E-state index contributed by atoms with van der Waals surface area (Å²) >= 11 is 1.46. The van der Waals surface area contributed by atoms with Crippen LogP contribution in [0.25, 0.3) is 0 Å². The van der Waals surface area contributed by atoms with E-state index in [1.807, 2.05) is 13.8 Å². The van der Waals surface area contributed by atoms with Crippen LogP contribution in [-0.2, 0) is 28.5 Å². The monoisotopic (exact) mass is 508 g/mol. The number of benzene rings is 1. The second-order valence-corrected chi connectivity index (χ2v) is 8.55. The van der Waals surface area contributed by atoms with Gasteiger partial charge in [-0.05, 0) is 33.3 Å². The van der Waals surface area contributed by atoms with Gasteiger partial charge < -0.3 is 18.9 Å². The van der Waals surface area contributed by atoms with Gasteiger partial charge in [0.25, 0.3) is 5.69 Å². The number of rotatable bonds is 13. The molecule has 11 heteroatoms. The van der Waals surface area contributed by atoms with Crippen molar-refractivity contribution in [3.05, 3.63) is 51.2 Å². The lowest BCUT2D eigenvalue weighted by atomic mass is 9.75. The van der Waals surface area contributed by atoms with Gasteiger partial charge in [-0.3, -0.25) is 19.9 Å². The number of hydrogen-bond donors (Lipinski definition) is 0. The van der Waals surface area contributed by atoms with E-state index < -0.39 is 35.0 Å². The molecular weight excluding hydrogens is 476 g/mol. The molecule has 0 aromatic heterocycles. The molecule has 0 aliphatic carbocycles. The SMILES string of the molecule is CCOC(=O)C1=C(CSCC(OCC)OCC)N=C(C)C(C(=O)OC)C1c1cccc([N+](=O)[O-])c1. The first-order chi connectivity index (χ1) is 16.8. The summed E-state index contributed by atoms with van der Waals surface area (Å²) in [4.78, 5) is 41.5. The molecule has 1 heterocycles. The van der Waals surface area contributed by atoms with Crippen LogP contribution in [-0.4, -0.2) is 67.3 Å². The van der Waals surface area contributed by atoms with Crippen molar-refractivity contribution in [2.45, 2.75) is 39.9 Å². The van der Waals surface area contributed by atoms with E-state index in [-0.39, 0.29) is 17.9 Å². The van der Waals surface area contributed by atoms with Crippen LogP contribution in [0.3, 0.4) is 0 Å². The van der Waals surface area contributed by atoms with E-state index in [0.29, 0.717) is 41.7 Å². The molecule has 35 heavy (non-hydrogen) atoms. The lowest BCUT2D eigenvalue weighted by Gasteiger charge is -2.32. The summed E-state index contributed by atoms with van der Waals surface area (Å²) in [5.74, 6) is -2.20. The first kappa shape index (κ1) is 28.5. The third kappa shape index (κ3) is 7.36. The average molecular weight is 509 g/mol. The molecular formula is C24H32N2O8S. The second kappa shape index (κ2) is 14.0. The number of carbonyl (C=O) groups excluding carboxylic acids is 2. The number of methoxy groups -OCH3 is 1. The Morgan fingerprint density at radius 2 is 1.86 bits per heavy atom. The molecule has 2 rings (SSSR count). The van der Waals surface area contributed by atoms with E-state index in [9.17, 15) is 19.7 Å². The molecule has 0 N–H and O–H groups in total. The van der Waals surface area contributed by atoms with Gasteiger partial charge in [0.05, 0.1) is 29.9 Å². The van der Waals surface area contributed by atoms with Crippen molar-refractivity contribution in [3.63, 3.8) is 0 Å². The Labute approximate surface area is 209 Å². The van der Waals surface area contributed by atoms with Crippen molar-refractivity contribution in [2.24, 2.45) is 10.9 Å². The van der Waals surface area contributed by atoms with E-state index in [1.165, 1.54) is 37.1 Å². The van der Waals surface area contributed by atoms with Crippen LogP contribution >= 0.6 is 11.8 Å². The predicted octanol–water partition coefficient (Wildman–Crippen LogP) is 3.89. The highest BCUT2D eigenvalue weighted by Gasteiger charge is 2.43. The molecule has 0 radical (unpaired) electrons. The summed E-state index contributed by atoms with van der Waals surface area (Å²) in [5, 5.41) is 11.4. The number of nitro benzene ring substituents is 1. The van der Waals surface area contributed by atoms with E-state index in [2.05, 4.69) is 4.99 Å². The number of hydrogen-bond acceptors (Lipinski definition) is 10. The third-order valence-electron chi connectivity index (χ3n) is 5.31. The number of carbonyl (C=O) groups is 2. The lowest BCUT2D eigenvalue weighted by Crippen LogP contribution is -2.36. The molecule has 2 atom stereocenters. The van der Waals surface area contributed by atoms with Crippen LogP contribution in [0.4, 0.5) is 5.69 Å². The summed E-state index contributed by atoms with van der Waals surface area (Å²) in [6.07, 6.45) is -0.411. The molecule has 0 saturated heterocycles. The highest BCUT2D eigenvalue weighted by atomic mass is 32.2. The standard InChI is InChI=1S/C24H32N2O8S/c1-6-32-19(33-7-2)14-35-13-18-22(24(28)34-8-3)21(20(15(4)25-18)23(27)31-5)16-10-9-11-17(12-16)26(29)30/h9-12,19-21H,6-8,13-14H2,1-5H3. The Kier molecular flexibility index (Phi) is 11.4. The first-order valence-corrected chi connectivity index (χ1v) is 12.5. The van der Waals surface area contributed by atoms with E-state index in [0.717, 1.165) is 0 Å². The lowest BCUT2D eigenvalue weighted by molar-refractivity contribution is -0.384. The molecule has 0 bridgehead atoms. The van der Waals surface area contributed by atoms with Gasteiger partial charge in [0.15, 0.2) is 6.29 Å². The van der Waals surface area contributed by atoms with Gasteiger partial charge in [-0.1, -0.05) is 12.1 Å². The fraction of sp³-hybridized carbons (Fsp3) is 0.542. The van der Waals surface area contributed by atoms with Crippen LogP contribution in [0, 0.1) is 16.0 Å². The van der Waals surface area contributed by atoms with Crippen molar-refractivity contribution in [1.82, 2.24) is 0 Å². The van der Waals surface area contributed by atoms with Crippen molar-refractivity contribution in [3.8, 4) is 0 Å². The predicted molar refractivity (Wildman–Crippen MR) is 132 cm³/mol. The zero-order chi connectivity index (χ0) is 26.0. The van der Waals surface area contributed by atoms with Crippen LogP contribution in [0.1, 0.15) is 39.2 Å². The van der Waals surface area contributed by atoms with Gasteiger partial charge in [-0.25, -0.2) is 4.79 Å². The molecule has 1 aliphatic rings. The van der Waals surface area contributed by atoms with Gasteiger partial charge >= 0.3 is 11.9 Å². The fourth-order valence-electron chi connectivity index (χ4n) is 3.89. The molecule has 10 nitrogen and oxygen atoms in total. The summed E-state index contributed by atoms with van der Waals surface area (Å²) in [5.41, 5.74) is 1.35. The summed E-state index contributed by atoms with van der Waals surface area (Å²) in [6.45, 7) is 8.23. The molecule has 192 valence electrons. The topological polar surface area (TPSA) is 127 Å².